The molecule has 0 spiro atoms. The molecule has 0 aromatic heterocycles. The highest BCUT2D eigenvalue weighted by atomic mass is 16.5. The van der Waals surface area contributed by atoms with Gasteiger partial charge in [-0.3, -0.25) is 4.90 Å². The summed E-state index contributed by atoms with van der Waals surface area (Å²) in [5.41, 5.74) is 1.53. The number of phenolic OH excluding ortho intramolecular Hbond substituents is 1. The number of anilines is 1. The zero-order valence-electron chi connectivity index (χ0n) is 15.3. The van der Waals surface area contributed by atoms with Gasteiger partial charge in [-0.25, -0.2) is 0 Å². The van der Waals surface area contributed by atoms with Gasteiger partial charge in [-0.1, -0.05) is 0 Å². The molecule has 5 nitrogen and oxygen atoms in total. The van der Waals surface area contributed by atoms with Crippen molar-refractivity contribution in [2.45, 2.75) is 63.1 Å². The highest BCUT2D eigenvalue weighted by Crippen LogP contribution is 2.36. The van der Waals surface area contributed by atoms with Crippen molar-refractivity contribution in [1.29, 1.82) is 5.26 Å². The van der Waals surface area contributed by atoms with Crippen molar-refractivity contribution in [3.05, 3.63) is 23.8 Å². The largest absolute Gasteiger partial charge is 0.506 e. The Kier molecular flexibility index (Phi) is 5.51. The summed E-state index contributed by atoms with van der Waals surface area (Å²) in [4.78, 5) is 2.64. The lowest BCUT2D eigenvalue weighted by Gasteiger charge is -2.48. The Morgan fingerprint density at radius 2 is 1.92 bits per heavy atom. The summed E-state index contributed by atoms with van der Waals surface area (Å²) in [5.74, 6) is 0.214. The van der Waals surface area contributed by atoms with Crippen molar-refractivity contribution in [3.63, 3.8) is 0 Å². The van der Waals surface area contributed by atoms with Gasteiger partial charge in [0.25, 0.3) is 0 Å². The van der Waals surface area contributed by atoms with E-state index in [2.05, 4.69) is 23.2 Å². The van der Waals surface area contributed by atoms with Crippen molar-refractivity contribution in [3.8, 4) is 11.8 Å². The number of aromatic hydroxyl groups is 1. The van der Waals surface area contributed by atoms with Gasteiger partial charge in [0.1, 0.15) is 5.75 Å². The van der Waals surface area contributed by atoms with Crippen LogP contribution >= 0.6 is 0 Å². The van der Waals surface area contributed by atoms with Gasteiger partial charge < -0.3 is 15.2 Å². The van der Waals surface area contributed by atoms with Crippen molar-refractivity contribution in [2.75, 3.05) is 25.5 Å². The molecule has 2 fully saturated rings. The lowest BCUT2D eigenvalue weighted by atomic mass is 9.79. The average Bonchev–Trinajstić information content (AvgIpc) is 2.65. The highest BCUT2D eigenvalue weighted by Gasteiger charge is 2.37. The second-order valence-corrected chi connectivity index (χ2v) is 7.68. The number of benzene rings is 1. The molecule has 1 aromatic carbocycles. The minimum Gasteiger partial charge on any atom is -0.506 e. The number of hydrogen-bond acceptors (Lipinski definition) is 5. The number of nitrogens with zero attached hydrogens (tertiary/aromatic N) is 2. The van der Waals surface area contributed by atoms with Crippen LogP contribution in [0.3, 0.4) is 0 Å². The average molecular weight is 343 g/mol. The molecular weight excluding hydrogens is 314 g/mol. The van der Waals surface area contributed by atoms with Crippen LogP contribution in [0.4, 0.5) is 5.69 Å². The number of methoxy groups -OCH3 is 1. The minimum absolute atomic E-state index is 0.214. The summed E-state index contributed by atoms with van der Waals surface area (Å²) in [6.45, 7) is 4.55. The number of piperidine rings is 1. The Hall–Kier alpha value is -1.77. The number of nitrogens with one attached hydrogen (secondary N) is 1. The van der Waals surface area contributed by atoms with Crippen LogP contribution < -0.4 is 5.32 Å². The Morgan fingerprint density at radius 3 is 2.52 bits per heavy atom. The van der Waals surface area contributed by atoms with Crippen LogP contribution in [0, 0.1) is 11.3 Å². The smallest absolute Gasteiger partial charge is 0.138 e. The van der Waals surface area contributed by atoms with E-state index in [1.54, 1.807) is 18.2 Å². The summed E-state index contributed by atoms with van der Waals surface area (Å²) in [7, 11) is 1.82. The zero-order chi connectivity index (χ0) is 17.9. The van der Waals surface area contributed by atoms with Gasteiger partial charge in [0.15, 0.2) is 0 Å². The summed E-state index contributed by atoms with van der Waals surface area (Å²) in [6, 6.07) is 7.43. The summed E-state index contributed by atoms with van der Waals surface area (Å²) in [6.07, 6.45) is 7.25. The lowest BCUT2D eigenvalue weighted by molar-refractivity contribution is -0.0105. The number of likely N-dealkylation sites (tertiary alicyclic amines) is 1. The predicted octanol–water partition coefficient (Wildman–Crippen LogP) is 3.49. The normalized spacial score (nSPS) is 28.4. The molecule has 1 aromatic rings. The highest BCUT2D eigenvalue weighted by molar-refractivity contribution is 5.59. The van der Waals surface area contributed by atoms with Crippen LogP contribution in [-0.2, 0) is 4.74 Å². The first-order chi connectivity index (χ1) is 12.0. The molecule has 0 bridgehead atoms. The Morgan fingerprint density at radius 1 is 1.24 bits per heavy atom. The fourth-order valence-electron chi connectivity index (χ4n) is 4.27. The van der Waals surface area contributed by atoms with Crippen molar-refractivity contribution in [1.82, 2.24) is 4.90 Å². The molecule has 0 radical (unpaired) electrons. The fourth-order valence-corrected chi connectivity index (χ4v) is 4.27. The molecule has 2 aliphatic rings. The number of nitriles is 1. The van der Waals surface area contributed by atoms with E-state index in [0.29, 0.717) is 28.9 Å². The van der Waals surface area contributed by atoms with Gasteiger partial charge >= 0.3 is 0 Å². The molecule has 136 valence electrons. The third kappa shape index (κ3) is 4.08. The summed E-state index contributed by atoms with van der Waals surface area (Å²) in [5, 5.41) is 22.5. The minimum atomic E-state index is 0.214. The molecule has 2 N–H and O–H groups in total. The lowest BCUT2D eigenvalue weighted by Crippen LogP contribution is -2.53. The van der Waals surface area contributed by atoms with E-state index >= 15 is 0 Å². The van der Waals surface area contributed by atoms with E-state index < -0.39 is 0 Å². The topological polar surface area (TPSA) is 68.5 Å². The van der Waals surface area contributed by atoms with Gasteiger partial charge in [0.05, 0.1) is 23.4 Å². The van der Waals surface area contributed by atoms with E-state index in [0.717, 1.165) is 38.8 Å². The molecule has 3 rings (SSSR count). The van der Waals surface area contributed by atoms with Crippen LogP contribution in [0.15, 0.2) is 18.2 Å². The number of ether oxygens (including phenoxy) is 1. The second kappa shape index (κ2) is 7.63. The fraction of sp³-hybridized carbons (Fsp3) is 0.650. The van der Waals surface area contributed by atoms with E-state index in [1.165, 1.54) is 12.8 Å². The number of hydrogen-bond donors (Lipinski definition) is 2. The third-order valence-electron chi connectivity index (χ3n) is 6.09. The maximum absolute atomic E-state index is 10.0. The maximum atomic E-state index is 10.0. The Labute approximate surface area is 150 Å². The van der Waals surface area contributed by atoms with Gasteiger partial charge in [-0.05, 0) is 63.6 Å². The second-order valence-electron chi connectivity index (χ2n) is 7.68. The van der Waals surface area contributed by atoms with Gasteiger partial charge in [-0.2, -0.15) is 5.26 Å². The molecule has 1 heterocycles. The summed E-state index contributed by atoms with van der Waals surface area (Å²) < 4.78 is 5.51. The molecule has 1 aliphatic heterocycles. The standard InChI is InChI=1S/C20H29N3O2/c1-20(9-5-17(25-2)6-10-20)23-11-7-16(8-12-23)22-18-13-15(14-21)3-4-19(18)24/h3-4,13,16-17,22,24H,5-12H2,1-2H3/t17-,20-. The third-order valence-corrected chi connectivity index (χ3v) is 6.09. The molecule has 0 unspecified atom stereocenters. The maximum Gasteiger partial charge on any atom is 0.138 e. The van der Waals surface area contributed by atoms with Gasteiger partial charge in [0, 0.05) is 31.8 Å². The Balaban J connectivity index is 1.55. The number of phenols is 1. The molecule has 25 heavy (non-hydrogen) atoms. The SMILES string of the molecule is CO[C@H]1CC[C@](C)(N2CCC(Nc3cc(C#N)ccc3O)CC2)CC1. The van der Waals surface area contributed by atoms with E-state index in [-0.39, 0.29) is 5.75 Å². The van der Waals surface area contributed by atoms with E-state index in [1.807, 2.05) is 7.11 Å². The molecule has 1 saturated carbocycles. The van der Waals surface area contributed by atoms with Crippen molar-refractivity contribution >= 4 is 5.69 Å². The van der Waals surface area contributed by atoms with Gasteiger partial charge in [-0.15, -0.1) is 0 Å². The first-order valence-electron chi connectivity index (χ1n) is 9.31. The van der Waals surface area contributed by atoms with Crippen molar-refractivity contribution < 1.29 is 9.84 Å². The van der Waals surface area contributed by atoms with Crippen LogP contribution in [-0.4, -0.2) is 47.9 Å². The van der Waals surface area contributed by atoms with Crippen LogP contribution in [0.2, 0.25) is 0 Å². The monoisotopic (exact) mass is 343 g/mol. The van der Waals surface area contributed by atoms with E-state index in [9.17, 15) is 5.11 Å². The molecule has 1 aliphatic carbocycles. The molecular formula is C20H29N3O2. The quantitative estimate of drug-likeness (QED) is 0.819. The summed E-state index contributed by atoms with van der Waals surface area (Å²) >= 11 is 0. The first kappa shape index (κ1) is 18.0. The molecule has 0 amide bonds. The predicted molar refractivity (Wildman–Crippen MR) is 98.7 cm³/mol. The molecule has 5 heteroatoms. The van der Waals surface area contributed by atoms with E-state index in [4.69, 9.17) is 10.00 Å². The Bertz CT molecular complexity index is 624. The van der Waals surface area contributed by atoms with Crippen LogP contribution in [0.25, 0.3) is 0 Å². The van der Waals surface area contributed by atoms with Gasteiger partial charge in [0.2, 0.25) is 0 Å². The van der Waals surface area contributed by atoms with Crippen LogP contribution in [0.1, 0.15) is 51.0 Å². The van der Waals surface area contributed by atoms with Crippen LogP contribution in [0.5, 0.6) is 5.75 Å². The number of rotatable bonds is 4. The molecule has 0 atom stereocenters. The first-order valence-corrected chi connectivity index (χ1v) is 9.31. The molecule has 1 saturated heterocycles. The zero-order valence-corrected chi connectivity index (χ0v) is 15.3. The van der Waals surface area contributed by atoms with Crippen molar-refractivity contribution in [2.24, 2.45) is 0 Å².